The maximum atomic E-state index is 3.70. The molecule has 58 valence electrons. The predicted octanol–water partition coefficient (Wildman–Crippen LogP) is 3.18. The van der Waals surface area contributed by atoms with E-state index >= 15 is 0 Å². The minimum absolute atomic E-state index is 0.738. The molecule has 0 saturated carbocycles. The van der Waals surface area contributed by atoms with Gasteiger partial charge in [-0.05, 0) is 13.0 Å². The van der Waals surface area contributed by atoms with Gasteiger partial charge in [0.2, 0.25) is 0 Å². The van der Waals surface area contributed by atoms with Crippen LogP contribution in [0.2, 0.25) is 0 Å². The van der Waals surface area contributed by atoms with Crippen LogP contribution in [-0.2, 0) is 0 Å². The van der Waals surface area contributed by atoms with Crippen LogP contribution in [0.1, 0.15) is 20.8 Å². The highest BCUT2D eigenvalue weighted by atomic mass is 15.1. The Morgan fingerprint density at radius 3 is 2.40 bits per heavy atom. The van der Waals surface area contributed by atoms with E-state index in [0.717, 1.165) is 6.54 Å². The van der Waals surface area contributed by atoms with Crippen molar-refractivity contribution in [3.8, 4) is 0 Å². The topological polar surface area (TPSA) is 24.7 Å². The van der Waals surface area contributed by atoms with Crippen molar-refractivity contribution < 1.29 is 0 Å². The summed E-state index contributed by atoms with van der Waals surface area (Å²) in [5.74, 6) is 0. The fraction of sp³-hybridized carbons (Fsp3) is 0.500. The summed E-state index contributed by atoms with van der Waals surface area (Å²) in [7, 11) is 0. The molecule has 0 bridgehead atoms. The summed E-state index contributed by atoms with van der Waals surface area (Å²) in [5.41, 5.74) is 0. The van der Waals surface area contributed by atoms with Crippen LogP contribution in [0.4, 0.5) is 0 Å². The van der Waals surface area contributed by atoms with E-state index in [1.165, 1.54) is 0 Å². The third-order valence-corrected chi connectivity index (χ3v) is 0.512. The van der Waals surface area contributed by atoms with Crippen molar-refractivity contribution in [2.24, 2.45) is 10.2 Å². The van der Waals surface area contributed by atoms with E-state index < -0.39 is 0 Å². The Labute approximate surface area is 63.4 Å². The van der Waals surface area contributed by atoms with Crippen LogP contribution in [0, 0.1) is 0 Å². The Morgan fingerprint density at radius 1 is 1.40 bits per heavy atom. The molecule has 0 spiro atoms. The van der Waals surface area contributed by atoms with Gasteiger partial charge in [-0.2, -0.15) is 10.2 Å². The first kappa shape index (κ1) is 11.8. The first-order valence-electron chi connectivity index (χ1n) is 3.56. The van der Waals surface area contributed by atoms with Gasteiger partial charge in [0.15, 0.2) is 0 Å². The third kappa shape index (κ3) is 15.7. The fourth-order valence-corrected chi connectivity index (χ4v) is 0.228. The highest BCUT2D eigenvalue weighted by molar-refractivity contribution is 4.95. The van der Waals surface area contributed by atoms with Gasteiger partial charge in [-0.3, -0.25) is 0 Å². The van der Waals surface area contributed by atoms with Gasteiger partial charge in [0.25, 0.3) is 0 Å². The van der Waals surface area contributed by atoms with Crippen molar-refractivity contribution in [1.29, 1.82) is 0 Å². The van der Waals surface area contributed by atoms with E-state index in [0.29, 0.717) is 0 Å². The Kier molecular flexibility index (Phi) is 18.6. The van der Waals surface area contributed by atoms with Crippen molar-refractivity contribution >= 4 is 0 Å². The lowest BCUT2D eigenvalue weighted by molar-refractivity contribution is 1.00. The first-order chi connectivity index (χ1) is 4.91. The van der Waals surface area contributed by atoms with Crippen LogP contribution >= 0.6 is 0 Å². The number of nitrogens with zero attached hydrogens (tertiary/aromatic N) is 2. The van der Waals surface area contributed by atoms with E-state index in [-0.39, 0.29) is 0 Å². The van der Waals surface area contributed by atoms with Crippen molar-refractivity contribution in [2.75, 3.05) is 6.54 Å². The zero-order valence-corrected chi connectivity index (χ0v) is 7.04. The maximum Gasteiger partial charge on any atom is 0.0574 e. The molecular formula is C8H16N2. The number of rotatable bonds is 3. The molecule has 0 fully saturated rings. The fourth-order valence-electron chi connectivity index (χ4n) is 0.228. The summed E-state index contributed by atoms with van der Waals surface area (Å²) in [6.45, 7) is 10.1. The van der Waals surface area contributed by atoms with Gasteiger partial charge < -0.3 is 0 Å². The van der Waals surface area contributed by atoms with Crippen LogP contribution < -0.4 is 0 Å². The molecular weight excluding hydrogens is 124 g/mol. The summed E-state index contributed by atoms with van der Waals surface area (Å²) in [4.78, 5) is 0. The molecule has 0 N–H and O–H groups in total. The minimum atomic E-state index is 0.738. The molecule has 10 heavy (non-hydrogen) atoms. The molecule has 2 nitrogen and oxygen atoms in total. The average molecular weight is 140 g/mol. The summed E-state index contributed by atoms with van der Waals surface area (Å²) in [6.07, 6.45) is 5.00. The van der Waals surface area contributed by atoms with Crippen LogP contribution in [0.5, 0.6) is 0 Å². The van der Waals surface area contributed by atoms with E-state index in [9.17, 15) is 0 Å². The van der Waals surface area contributed by atoms with E-state index in [2.05, 4.69) is 16.8 Å². The van der Waals surface area contributed by atoms with Crippen molar-refractivity contribution in [2.45, 2.75) is 20.8 Å². The Hall–Kier alpha value is -0.920. The van der Waals surface area contributed by atoms with Crippen LogP contribution in [0.15, 0.2) is 35.2 Å². The Balaban J connectivity index is 0. The standard InChI is InChI=1S/C6H10N2.C2H6/c1-3-5-6-8-7-4-2;1-2/h3,5-6H,1,4H2,2H3;1-2H3/b6-5-,8-7?;. The molecule has 0 aromatic heterocycles. The van der Waals surface area contributed by atoms with Crippen LogP contribution in [0.25, 0.3) is 0 Å². The summed E-state index contributed by atoms with van der Waals surface area (Å²) in [6, 6.07) is 0. The van der Waals surface area contributed by atoms with Crippen molar-refractivity contribution in [3.63, 3.8) is 0 Å². The SMILES string of the molecule is C=C/C=C\N=NCC.CC. The molecule has 0 rings (SSSR count). The van der Waals surface area contributed by atoms with Crippen molar-refractivity contribution in [1.82, 2.24) is 0 Å². The van der Waals surface area contributed by atoms with Crippen molar-refractivity contribution in [3.05, 3.63) is 24.9 Å². The normalized spacial score (nSPS) is 9.50. The summed E-state index contributed by atoms with van der Waals surface area (Å²) >= 11 is 0. The third-order valence-electron chi connectivity index (χ3n) is 0.512. The van der Waals surface area contributed by atoms with E-state index in [1.807, 2.05) is 20.8 Å². The lowest BCUT2D eigenvalue weighted by Gasteiger charge is -1.72. The molecule has 0 heterocycles. The second-order valence-corrected chi connectivity index (χ2v) is 1.15. The lowest BCUT2D eigenvalue weighted by Crippen LogP contribution is -1.58. The zero-order chi connectivity index (χ0) is 8.24. The molecule has 0 radical (unpaired) electrons. The van der Waals surface area contributed by atoms with Gasteiger partial charge in [0, 0.05) is 6.20 Å². The number of hydrogen-bond acceptors (Lipinski definition) is 2. The first-order valence-corrected chi connectivity index (χ1v) is 3.56. The van der Waals surface area contributed by atoms with E-state index in [4.69, 9.17) is 0 Å². The molecule has 0 saturated heterocycles. The maximum absolute atomic E-state index is 3.70. The minimum Gasteiger partial charge on any atom is -0.190 e. The summed E-state index contributed by atoms with van der Waals surface area (Å²) < 4.78 is 0. The molecule has 0 aliphatic heterocycles. The van der Waals surface area contributed by atoms with Gasteiger partial charge >= 0.3 is 0 Å². The number of allylic oxidation sites excluding steroid dienone is 2. The van der Waals surface area contributed by atoms with Gasteiger partial charge in [0.1, 0.15) is 0 Å². The average Bonchev–Trinajstić information content (AvgIpc) is 2.02. The molecule has 0 aliphatic carbocycles. The lowest BCUT2D eigenvalue weighted by atomic mass is 10.6. The molecule has 0 atom stereocenters. The molecule has 0 aliphatic rings. The predicted molar refractivity (Wildman–Crippen MR) is 46.1 cm³/mol. The highest BCUT2D eigenvalue weighted by Gasteiger charge is 1.59. The number of hydrogen-bond donors (Lipinski definition) is 0. The monoisotopic (exact) mass is 140 g/mol. The van der Waals surface area contributed by atoms with Crippen LogP contribution in [0.3, 0.4) is 0 Å². The van der Waals surface area contributed by atoms with Crippen LogP contribution in [-0.4, -0.2) is 6.54 Å². The quantitative estimate of drug-likeness (QED) is 0.425. The Morgan fingerprint density at radius 2 is 2.00 bits per heavy atom. The molecule has 2 heteroatoms. The molecule has 0 aromatic carbocycles. The van der Waals surface area contributed by atoms with Gasteiger partial charge in [0.05, 0.1) is 6.54 Å². The smallest absolute Gasteiger partial charge is 0.0574 e. The Bertz CT molecular complexity index is 104. The largest absolute Gasteiger partial charge is 0.190 e. The van der Waals surface area contributed by atoms with E-state index in [1.54, 1.807) is 18.4 Å². The molecule has 0 amide bonds. The van der Waals surface area contributed by atoms with Gasteiger partial charge in [-0.1, -0.05) is 26.5 Å². The van der Waals surface area contributed by atoms with Gasteiger partial charge in [-0.25, -0.2) is 0 Å². The van der Waals surface area contributed by atoms with Gasteiger partial charge in [-0.15, -0.1) is 0 Å². The summed E-state index contributed by atoms with van der Waals surface area (Å²) in [5, 5.41) is 7.35. The number of azo groups is 1. The zero-order valence-electron chi connectivity index (χ0n) is 7.04. The second kappa shape index (κ2) is 15.7. The molecule has 0 unspecified atom stereocenters. The molecule has 0 aromatic rings. The highest BCUT2D eigenvalue weighted by Crippen LogP contribution is 1.77. The second-order valence-electron chi connectivity index (χ2n) is 1.15.